The number of amides is 1. The second-order valence-electron chi connectivity index (χ2n) is 5.96. The number of benzene rings is 2. The van der Waals surface area contributed by atoms with Crippen LogP contribution >= 0.6 is 11.6 Å². The van der Waals surface area contributed by atoms with E-state index in [0.29, 0.717) is 16.3 Å². The zero-order chi connectivity index (χ0) is 19.1. The summed E-state index contributed by atoms with van der Waals surface area (Å²) in [5, 5.41) is 3.22. The highest BCUT2D eigenvalue weighted by Gasteiger charge is 2.12. The van der Waals surface area contributed by atoms with E-state index < -0.39 is 18.5 Å². The van der Waals surface area contributed by atoms with E-state index in [-0.39, 0.29) is 18.6 Å². The summed E-state index contributed by atoms with van der Waals surface area (Å²) in [4.78, 5) is 35.6. The van der Waals surface area contributed by atoms with Crippen molar-refractivity contribution in [3.63, 3.8) is 0 Å². The Labute approximate surface area is 157 Å². The van der Waals surface area contributed by atoms with E-state index in [1.165, 1.54) is 0 Å². The molecule has 0 saturated heterocycles. The zero-order valence-corrected chi connectivity index (χ0v) is 15.4. The molecule has 0 heterocycles. The maximum absolute atomic E-state index is 12.0. The van der Waals surface area contributed by atoms with Crippen molar-refractivity contribution >= 4 is 34.9 Å². The number of aryl methyl sites for hydroxylation is 2. The Morgan fingerprint density at radius 2 is 1.69 bits per heavy atom. The molecule has 0 aromatic heterocycles. The van der Waals surface area contributed by atoms with Crippen LogP contribution in [0.15, 0.2) is 42.5 Å². The molecule has 0 aliphatic carbocycles. The molecule has 5 nitrogen and oxygen atoms in total. The molecule has 0 aliphatic rings. The Morgan fingerprint density at radius 1 is 1.00 bits per heavy atom. The van der Waals surface area contributed by atoms with E-state index in [1.807, 2.05) is 26.0 Å². The Morgan fingerprint density at radius 3 is 2.35 bits per heavy atom. The molecule has 0 aliphatic heterocycles. The van der Waals surface area contributed by atoms with Gasteiger partial charge < -0.3 is 10.1 Å². The zero-order valence-electron chi connectivity index (χ0n) is 14.7. The second kappa shape index (κ2) is 9.15. The average molecular weight is 374 g/mol. The molecule has 1 amide bonds. The quantitative estimate of drug-likeness (QED) is 0.585. The molecule has 1 N–H and O–H groups in total. The molecule has 2 rings (SSSR count). The van der Waals surface area contributed by atoms with Gasteiger partial charge in [-0.2, -0.15) is 0 Å². The number of halogens is 1. The van der Waals surface area contributed by atoms with Crippen molar-refractivity contribution < 1.29 is 19.1 Å². The lowest BCUT2D eigenvalue weighted by Crippen LogP contribution is -2.21. The standard InChI is InChI=1S/C20H20ClNO4/c1-13-3-5-15(6-4-13)18(23)9-10-20(25)26-12-19(24)22-17-8-7-16(21)11-14(17)2/h3-8,11H,9-10,12H2,1-2H3,(H,22,24). The van der Waals surface area contributed by atoms with Crippen molar-refractivity contribution in [2.45, 2.75) is 26.7 Å². The number of carbonyl (C=O) groups excluding carboxylic acids is 3. The molecular weight excluding hydrogens is 354 g/mol. The van der Waals surface area contributed by atoms with Gasteiger partial charge in [0.2, 0.25) is 0 Å². The Kier molecular flexibility index (Phi) is 6.92. The highest BCUT2D eigenvalue weighted by Crippen LogP contribution is 2.19. The summed E-state index contributed by atoms with van der Waals surface area (Å²) >= 11 is 5.86. The van der Waals surface area contributed by atoms with Gasteiger partial charge in [0.15, 0.2) is 12.4 Å². The highest BCUT2D eigenvalue weighted by molar-refractivity contribution is 6.30. The van der Waals surface area contributed by atoms with Crippen LogP contribution in [0.3, 0.4) is 0 Å². The van der Waals surface area contributed by atoms with Gasteiger partial charge in [-0.3, -0.25) is 14.4 Å². The predicted octanol–water partition coefficient (Wildman–Crippen LogP) is 4.10. The summed E-state index contributed by atoms with van der Waals surface area (Å²) in [5.74, 6) is -1.18. The fraction of sp³-hybridized carbons (Fsp3) is 0.250. The molecule has 0 atom stereocenters. The average Bonchev–Trinajstić information content (AvgIpc) is 2.61. The molecule has 136 valence electrons. The fourth-order valence-corrected chi connectivity index (χ4v) is 2.50. The minimum atomic E-state index is -0.589. The third kappa shape index (κ3) is 6.01. The predicted molar refractivity (Wildman–Crippen MR) is 101 cm³/mol. The Balaban J connectivity index is 1.74. The normalized spacial score (nSPS) is 10.3. The van der Waals surface area contributed by atoms with E-state index in [9.17, 15) is 14.4 Å². The number of rotatable bonds is 7. The Hall–Kier alpha value is -2.66. The molecule has 0 fully saturated rings. The van der Waals surface area contributed by atoms with E-state index >= 15 is 0 Å². The minimum absolute atomic E-state index is 0.0415. The number of hydrogen-bond donors (Lipinski definition) is 1. The summed E-state index contributed by atoms with van der Waals surface area (Å²) < 4.78 is 4.92. The number of esters is 1. The van der Waals surface area contributed by atoms with Gasteiger partial charge >= 0.3 is 5.97 Å². The molecular formula is C20H20ClNO4. The fourth-order valence-electron chi connectivity index (χ4n) is 2.27. The van der Waals surface area contributed by atoms with Gasteiger partial charge in [-0.1, -0.05) is 41.4 Å². The number of ketones is 1. The first kappa shape index (κ1) is 19.7. The molecule has 26 heavy (non-hydrogen) atoms. The van der Waals surface area contributed by atoms with Crippen LogP contribution in [-0.4, -0.2) is 24.3 Å². The lowest BCUT2D eigenvalue weighted by Gasteiger charge is -2.09. The van der Waals surface area contributed by atoms with Crippen molar-refractivity contribution in [3.05, 3.63) is 64.2 Å². The molecule has 0 unspecified atom stereocenters. The lowest BCUT2D eigenvalue weighted by molar-refractivity contribution is -0.147. The van der Waals surface area contributed by atoms with Crippen LogP contribution in [0.2, 0.25) is 5.02 Å². The summed E-state index contributed by atoms with van der Waals surface area (Å²) in [7, 11) is 0. The molecule has 0 bridgehead atoms. The van der Waals surface area contributed by atoms with Crippen molar-refractivity contribution in [2.75, 3.05) is 11.9 Å². The van der Waals surface area contributed by atoms with Crippen LogP contribution in [-0.2, 0) is 14.3 Å². The van der Waals surface area contributed by atoms with Gasteiger partial charge in [-0.25, -0.2) is 0 Å². The molecule has 0 radical (unpaired) electrons. The number of nitrogens with one attached hydrogen (secondary N) is 1. The van der Waals surface area contributed by atoms with Crippen molar-refractivity contribution in [3.8, 4) is 0 Å². The minimum Gasteiger partial charge on any atom is -0.456 e. The number of Topliss-reactive ketones (excluding diaryl/α,β-unsaturated/α-hetero) is 1. The summed E-state index contributed by atoms with van der Waals surface area (Å²) in [6, 6.07) is 12.2. The van der Waals surface area contributed by atoms with Crippen LogP contribution in [0.5, 0.6) is 0 Å². The SMILES string of the molecule is Cc1ccc(C(=O)CCC(=O)OCC(=O)Nc2ccc(Cl)cc2C)cc1. The van der Waals surface area contributed by atoms with Crippen molar-refractivity contribution in [1.82, 2.24) is 0 Å². The molecule has 2 aromatic carbocycles. The van der Waals surface area contributed by atoms with E-state index in [4.69, 9.17) is 16.3 Å². The maximum atomic E-state index is 12.0. The second-order valence-corrected chi connectivity index (χ2v) is 6.39. The third-order valence-electron chi connectivity index (χ3n) is 3.76. The largest absolute Gasteiger partial charge is 0.456 e. The van der Waals surface area contributed by atoms with Gasteiger partial charge in [0.1, 0.15) is 0 Å². The number of hydrogen-bond acceptors (Lipinski definition) is 4. The van der Waals surface area contributed by atoms with Crippen LogP contribution in [0.1, 0.15) is 34.3 Å². The molecule has 2 aromatic rings. The molecule has 6 heteroatoms. The number of ether oxygens (including phenoxy) is 1. The summed E-state index contributed by atoms with van der Waals surface area (Å²) in [5.41, 5.74) is 3.02. The van der Waals surface area contributed by atoms with Crippen molar-refractivity contribution in [1.29, 1.82) is 0 Å². The smallest absolute Gasteiger partial charge is 0.306 e. The Bertz CT molecular complexity index is 815. The van der Waals surface area contributed by atoms with E-state index in [0.717, 1.165) is 11.1 Å². The topological polar surface area (TPSA) is 72.5 Å². The lowest BCUT2D eigenvalue weighted by atomic mass is 10.1. The van der Waals surface area contributed by atoms with Crippen LogP contribution < -0.4 is 5.32 Å². The van der Waals surface area contributed by atoms with Gasteiger partial charge in [0, 0.05) is 22.7 Å². The third-order valence-corrected chi connectivity index (χ3v) is 3.99. The van der Waals surface area contributed by atoms with Crippen molar-refractivity contribution in [2.24, 2.45) is 0 Å². The van der Waals surface area contributed by atoms with Gasteiger partial charge in [-0.15, -0.1) is 0 Å². The van der Waals surface area contributed by atoms with E-state index in [1.54, 1.807) is 30.3 Å². The first-order valence-corrected chi connectivity index (χ1v) is 8.54. The van der Waals surface area contributed by atoms with Crippen LogP contribution in [0.4, 0.5) is 5.69 Å². The summed E-state index contributed by atoms with van der Waals surface area (Å²) in [6.45, 7) is 3.34. The first-order valence-electron chi connectivity index (χ1n) is 8.16. The van der Waals surface area contributed by atoms with Crippen LogP contribution in [0, 0.1) is 13.8 Å². The molecule has 0 saturated carbocycles. The monoisotopic (exact) mass is 373 g/mol. The first-order chi connectivity index (χ1) is 12.3. The number of anilines is 1. The van der Waals surface area contributed by atoms with Gasteiger partial charge in [-0.05, 0) is 37.6 Å². The maximum Gasteiger partial charge on any atom is 0.306 e. The molecule has 0 spiro atoms. The van der Waals surface area contributed by atoms with Gasteiger partial charge in [0.05, 0.1) is 6.42 Å². The highest BCUT2D eigenvalue weighted by atomic mass is 35.5. The van der Waals surface area contributed by atoms with Crippen LogP contribution in [0.25, 0.3) is 0 Å². The summed E-state index contributed by atoms with van der Waals surface area (Å²) in [6.07, 6.45) is -0.0280. The van der Waals surface area contributed by atoms with Gasteiger partial charge in [0.25, 0.3) is 5.91 Å². The van der Waals surface area contributed by atoms with E-state index in [2.05, 4.69) is 5.32 Å². The number of carbonyl (C=O) groups is 3.